The molecule has 1 aromatic carbocycles. The second kappa shape index (κ2) is 7.60. The average molecular weight is 385 g/mol. The highest BCUT2D eigenvalue weighted by molar-refractivity contribution is 6.06. The molecule has 10 nitrogen and oxygen atoms in total. The fraction of sp³-hybridized carbons (Fsp3) is 0.333. The molecule has 1 saturated heterocycles. The number of rotatable bonds is 5. The van der Waals surface area contributed by atoms with Crippen LogP contribution in [-0.2, 0) is 9.47 Å². The maximum absolute atomic E-state index is 12.4. The van der Waals surface area contributed by atoms with Crippen molar-refractivity contribution >= 4 is 22.9 Å². The van der Waals surface area contributed by atoms with Crippen LogP contribution in [0.1, 0.15) is 16.6 Å². The van der Waals surface area contributed by atoms with Crippen molar-refractivity contribution < 1.29 is 24.5 Å². The van der Waals surface area contributed by atoms with Crippen molar-refractivity contribution in [2.75, 3.05) is 19.0 Å². The van der Waals surface area contributed by atoms with Crippen LogP contribution in [0.15, 0.2) is 43.0 Å². The van der Waals surface area contributed by atoms with E-state index in [2.05, 4.69) is 20.3 Å². The van der Waals surface area contributed by atoms with Crippen molar-refractivity contribution in [1.29, 1.82) is 0 Å². The van der Waals surface area contributed by atoms with Crippen LogP contribution in [0.4, 0.5) is 5.82 Å². The molecule has 4 rings (SSSR count). The second-order valence-corrected chi connectivity index (χ2v) is 6.31. The lowest BCUT2D eigenvalue weighted by molar-refractivity contribution is -0.0583. The van der Waals surface area contributed by atoms with E-state index in [4.69, 9.17) is 9.47 Å². The van der Waals surface area contributed by atoms with Gasteiger partial charge in [0, 0.05) is 12.7 Å². The molecular formula is C18H19N5O5. The van der Waals surface area contributed by atoms with Crippen molar-refractivity contribution in [2.45, 2.75) is 24.5 Å². The van der Waals surface area contributed by atoms with Crippen LogP contribution < -0.4 is 5.32 Å². The number of nitrogens with one attached hydrogen (secondary N) is 1. The monoisotopic (exact) mass is 385 g/mol. The second-order valence-electron chi connectivity index (χ2n) is 6.31. The Morgan fingerprint density at radius 2 is 2.07 bits per heavy atom. The first-order valence-corrected chi connectivity index (χ1v) is 8.65. The number of aromatic nitrogens is 4. The van der Waals surface area contributed by atoms with E-state index in [1.54, 1.807) is 28.8 Å². The Hall–Kier alpha value is -2.92. The van der Waals surface area contributed by atoms with Gasteiger partial charge in [-0.1, -0.05) is 18.2 Å². The normalized spacial score (nSPS) is 24.5. The lowest BCUT2D eigenvalue weighted by Gasteiger charge is -2.19. The molecule has 3 N–H and O–H groups in total. The minimum Gasteiger partial charge on any atom is -0.394 e. The molecule has 28 heavy (non-hydrogen) atoms. The first-order chi connectivity index (χ1) is 13.6. The molecule has 0 bridgehead atoms. The predicted octanol–water partition coefficient (Wildman–Crippen LogP) is 0.344. The van der Waals surface area contributed by atoms with Crippen LogP contribution in [0.25, 0.3) is 11.2 Å². The molecule has 1 fully saturated rings. The van der Waals surface area contributed by atoms with Gasteiger partial charge in [0.1, 0.15) is 24.6 Å². The van der Waals surface area contributed by atoms with Crippen molar-refractivity contribution in [3.05, 3.63) is 48.5 Å². The molecule has 0 radical (unpaired) electrons. The maximum atomic E-state index is 12.4. The largest absolute Gasteiger partial charge is 0.394 e. The summed E-state index contributed by atoms with van der Waals surface area (Å²) in [6.07, 6.45) is -0.469. The number of hydrogen-bond donors (Lipinski definition) is 3. The topological polar surface area (TPSA) is 132 Å². The Labute approximate surface area is 159 Å². The summed E-state index contributed by atoms with van der Waals surface area (Å²) in [6, 6.07) is 8.74. The lowest BCUT2D eigenvalue weighted by atomic mass is 10.1. The van der Waals surface area contributed by atoms with Crippen molar-refractivity contribution in [3.8, 4) is 0 Å². The molecular weight excluding hydrogens is 366 g/mol. The van der Waals surface area contributed by atoms with Crippen LogP contribution in [0.2, 0.25) is 0 Å². The number of anilines is 1. The van der Waals surface area contributed by atoms with E-state index in [1.807, 2.05) is 6.07 Å². The van der Waals surface area contributed by atoms with Gasteiger partial charge in [-0.05, 0) is 12.1 Å². The van der Waals surface area contributed by atoms with Gasteiger partial charge in [-0.25, -0.2) is 15.0 Å². The van der Waals surface area contributed by atoms with Gasteiger partial charge >= 0.3 is 0 Å². The Kier molecular flexibility index (Phi) is 5.01. The molecule has 10 heteroatoms. The lowest BCUT2D eigenvalue weighted by Crippen LogP contribution is -2.34. The van der Waals surface area contributed by atoms with Crippen LogP contribution in [0.5, 0.6) is 0 Å². The molecule has 4 atom stereocenters. The number of imidazole rings is 1. The van der Waals surface area contributed by atoms with Crippen molar-refractivity contribution in [2.24, 2.45) is 0 Å². The number of nitrogens with zero attached hydrogens (tertiary/aromatic N) is 4. The molecule has 0 aliphatic carbocycles. The molecule has 146 valence electrons. The van der Waals surface area contributed by atoms with Gasteiger partial charge < -0.3 is 25.0 Å². The van der Waals surface area contributed by atoms with E-state index in [0.717, 1.165) is 0 Å². The van der Waals surface area contributed by atoms with Crippen LogP contribution in [0.3, 0.4) is 0 Å². The quantitative estimate of drug-likeness (QED) is 0.573. The summed E-state index contributed by atoms with van der Waals surface area (Å²) in [4.78, 5) is 25.1. The van der Waals surface area contributed by atoms with Crippen LogP contribution >= 0.6 is 0 Å². The number of ether oxygens (including phenoxy) is 2. The number of aliphatic hydroxyl groups excluding tert-OH is 2. The van der Waals surface area contributed by atoms with Gasteiger partial charge in [-0.3, -0.25) is 9.36 Å². The van der Waals surface area contributed by atoms with E-state index < -0.39 is 24.5 Å². The minimum atomic E-state index is -1.00. The molecule has 0 saturated carbocycles. The van der Waals surface area contributed by atoms with E-state index in [9.17, 15) is 15.0 Å². The molecule has 3 aromatic rings. The van der Waals surface area contributed by atoms with Gasteiger partial charge in [0.2, 0.25) is 0 Å². The number of hydrogen-bond acceptors (Lipinski definition) is 8. The standard InChI is InChI=1S/C18H19N5O5/c1-27-14-13(25)11(7-24)28-18(14)23-9-21-12-15(19-8-20-16(12)23)22-17(26)10-5-3-2-4-6-10/h2-6,8-9,11,13-14,18,24-25H,7H2,1H3,(H,19,20,22,26)/t11-,13+,14-,18-/m1/s1. The van der Waals surface area contributed by atoms with E-state index in [-0.39, 0.29) is 18.3 Å². The zero-order valence-electron chi connectivity index (χ0n) is 15.0. The summed E-state index contributed by atoms with van der Waals surface area (Å²) in [6.45, 7) is -0.350. The van der Waals surface area contributed by atoms with E-state index in [1.165, 1.54) is 19.8 Å². The number of fused-ring (bicyclic) bond motifs is 1. The van der Waals surface area contributed by atoms with Crippen LogP contribution in [-0.4, -0.2) is 67.7 Å². The fourth-order valence-electron chi connectivity index (χ4n) is 3.25. The van der Waals surface area contributed by atoms with E-state index >= 15 is 0 Å². The highest BCUT2D eigenvalue weighted by Crippen LogP contribution is 2.33. The number of amides is 1. The summed E-state index contributed by atoms with van der Waals surface area (Å²) in [5.74, 6) is -0.0679. The summed E-state index contributed by atoms with van der Waals surface area (Å²) >= 11 is 0. The first-order valence-electron chi connectivity index (χ1n) is 8.65. The highest BCUT2D eigenvalue weighted by Gasteiger charge is 2.45. The third-order valence-corrected chi connectivity index (χ3v) is 4.67. The zero-order chi connectivity index (χ0) is 19.7. The summed E-state index contributed by atoms with van der Waals surface area (Å²) in [5, 5.41) is 22.4. The zero-order valence-corrected chi connectivity index (χ0v) is 15.0. The van der Waals surface area contributed by atoms with Crippen molar-refractivity contribution in [1.82, 2.24) is 19.5 Å². The molecule has 1 aliphatic heterocycles. The molecule has 1 aliphatic rings. The molecule has 0 unspecified atom stereocenters. The Balaban J connectivity index is 1.66. The molecule has 2 aromatic heterocycles. The van der Waals surface area contributed by atoms with Gasteiger partial charge in [0.25, 0.3) is 5.91 Å². The van der Waals surface area contributed by atoms with Gasteiger partial charge in [-0.15, -0.1) is 0 Å². The average Bonchev–Trinajstić information content (AvgIpc) is 3.29. The Morgan fingerprint density at radius 3 is 2.79 bits per heavy atom. The SMILES string of the molecule is CO[C@@H]1[C@@H](O)[C@@H](CO)O[C@H]1n1cnc2c(NC(=O)c3ccccc3)ncnc21. The van der Waals surface area contributed by atoms with E-state index in [0.29, 0.717) is 16.7 Å². The highest BCUT2D eigenvalue weighted by atomic mass is 16.6. The third kappa shape index (κ3) is 3.12. The number of carbonyl (C=O) groups excluding carboxylic acids is 1. The summed E-state index contributed by atoms with van der Waals surface area (Å²) < 4.78 is 12.7. The smallest absolute Gasteiger partial charge is 0.256 e. The van der Waals surface area contributed by atoms with Gasteiger partial charge in [0.15, 0.2) is 23.2 Å². The summed E-state index contributed by atoms with van der Waals surface area (Å²) in [5.41, 5.74) is 1.25. The van der Waals surface area contributed by atoms with Gasteiger partial charge in [0.05, 0.1) is 12.9 Å². The Morgan fingerprint density at radius 1 is 1.29 bits per heavy atom. The molecule has 0 spiro atoms. The van der Waals surface area contributed by atoms with Crippen LogP contribution in [0, 0.1) is 0 Å². The number of aliphatic hydroxyl groups is 2. The van der Waals surface area contributed by atoms with Crippen molar-refractivity contribution in [3.63, 3.8) is 0 Å². The first kappa shape index (κ1) is 18.4. The predicted molar refractivity (Wildman–Crippen MR) is 97.5 cm³/mol. The molecule has 3 heterocycles. The number of carbonyl (C=O) groups is 1. The Bertz CT molecular complexity index is 979. The summed E-state index contributed by atoms with van der Waals surface area (Å²) in [7, 11) is 1.45. The fourth-order valence-corrected chi connectivity index (χ4v) is 3.25. The third-order valence-electron chi connectivity index (χ3n) is 4.67. The number of benzene rings is 1. The van der Waals surface area contributed by atoms with Gasteiger partial charge in [-0.2, -0.15) is 0 Å². The molecule has 1 amide bonds. The minimum absolute atomic E-state index is 0.254. The maximum Gasteiger partial charge on any atom is 0.256 e. The number of methoxy groups -OCH3 is 1.